The van der Waals surface area contributed by atoms with Crippen LogP contribution in [0.5, 0.6) is 11.5 Å². The number of hydrogen-bond acceptors (Lipinski definition) is 4. The second kappa shape index (κ2) is 6.31. The predicted molar refractivity (Wildman–Crippen MR) is 102 cm³/mol. The van der Waals surface area contributed by atoms with Gasteiger partial charge in [0.15, 0.2) is 0 Å². The molecule has 25 heavy (non-hydrogen) atoms. The molecule has 5 nitrogen and oxygen atoms in total. The fourth-order valence-corrected chi connectivity index (χ4v) is 2.81. The number of nitrogens with zero attached hydrogens (tertiary/aromatic N) is 2. The zero-order valence-corrected chi connectivity index (χ0v) is 15.7. The van der Waals surface area contributed by atoms with Crippen molar-refractivity contribution in [2.24, 2.45) is 0 Å². The number of rotatable bonds is 4. The molecule has 1 N–H and O–H groups in total. The average molecular weight is 339 g/mol. The van der Waals surface area contributed by atoms with Crippen molar-refractivity contribution < 1.29 is 9.47 Å². The highest BCUT2D eigenvalue weighted by Gasteiger charge is 2.21. The molecule has 0 spiro atoms. The van der Waals surface area contributed by atoms with Crippen molar-refractivity contribution in [2.45, 2.75) is 33.2 Å². The van der Waals surface area contributed by atoms with E-state index in [9.17, 15) is 0 Å². The van der Waals surface area contributed by atoms with Crippen molar-refractivity contribution in [3.63, 3.8) is 0 Å². The quantitative estimate of drug-likeness (QED) is 0.758. The van der Waals surface area contributed by atoms with E-state index in [2.05, 4.69) is 49.7 Å². The molecule has 132 valence electrons. The Bertz CT molecular complexity index is 907. The molecule has 0 saturated carbocycles. The Hall–Kier alpha value is -2.69. The van der Waals surface area contributed by atoms with Crippen LogP contribution in [0, 0.1) is 6.92 Å². The summed E-state index contributed by atoms with van der Waals surface area (Å²) < 4.78 is 13.0. The fraction of sp³-hybridized carbons (Fsp3) is 0.350. The van der Waals surface area contributed by atoms with E-state index in [1.54, 1.807) is 14.2 Å². The number of methoxy groups -OCH3 is 2. The Labute approximate surface area is 148 Å². The number of nitrogens with one attached hydrogen (secondary N) is 1. The number of benzene rings is 1. The lowest BCUT2D eigenvalue weighted by Crippen LogP contribution is -2.27. The van der Waals surface area contributed by atoms with Crippen LogP contribution in [0.3, 0.4) is 0 Å². The molecule has 0 bridgehead atoms. The van der Waals surface area contributed by atoms with E-state index < -0.39 is 0 Å². The van der Waals surface area contributed by atoms with E-state index in [4.69, 9.17) is 14.5 Å². The van der Waals surface area contributed by atoms with Gasteiger partial charge in [-0.1, -0.05) is 6.07 Å². The third-order valence-corrected chi connectivity index (χ3v) is 3.92. The summed E-state index contributed by atoms with van der Waals surface area (Å²) in [7, 11) is 3.31. The third kappa shape index (κ3) is 3.40. The number of ether oxygens (including phenoxy) is 2. The Kier molecular flexibility index (Phi) is 4.33. The molecule has 0 unspecified atom stereocenters. The van der Waals surface area contributed by atoms with Gasteiger partial charge in [0, 0.05) is 23.4 Å². The smallest absolute Gasteiger partial charge is 0.139 e. The number of anilines is 1. The zero-order chi connectivity index (χ0) is 18.2. The summed E-state index contributed by atoms with van der Waals surface area (Å²) in [5.74, 6) is 2.44. The first-order valence-electron chi connectivity index (χ1n) is 8.31. The fourth-order valence-electron chi connectivity index (χ4n) is 2.81. The van der Waals surface area contributed by atoms with Crippen LogP contribution in [-0.2, 0) is 0 Å². The van der Waals surface area contributed by atoms with Crippen LogP contribution in [0.1, 0.15) is 26.3 Å². The molecular formula is C20H25N3O2. The third-order valence-electron chi connectivity index (χ3n) is 3.92. The van der Waals surface area contributed by atoms with Crippen LogP contribution in [0.4, 0.5) is 5.82 Å². The van der Waals surface area contributed by atoms with Gasteiger partial charge in [-0.2, -0.15) is 0 Å². The zero-order valence-electron chi connectivity index (χ0n) is 15.7. The maximum Gasteiger partial charge on any atom is 0.139 e. The molecule has 0 aliphatic rings. The standard InChI is InChI=1S/C20H25N3O2/c1-13-7-10-17-21-18(19(23(17)12-13)22-20(2,3)4)15-9-8-14(24-5)11-16(15)25-6/h7-12,22H,1-6H3. The number of aryl methyl sites for hydroxylation is 1. The monoisotopic (exact) mass is 339 g/mol. The summed E-state index contributed by atoms with van der Waals surface area (Å²) in [5.41, 5.74) is 3.76. The Morgan fingerprint density at radius 1 is 1.04 bits per heavy atom. The van der Waals surface area contributed by atoms with Gasteiger partial charge in [-0.15, -0.1) is 0 Å². The molecule has 0 radical (unpaired) electrons. The first-order chi connectivity index (χ1) is 11.8. The molecule has 0 atom stereocenters. The molecule has 0 fully saturated rings. The molecular weight excluding hydrogens is 314 g/mol. The van der Waals surface area contributed by atoms with Gasteiger partial charge in [0.1, 0.15) is 28.7 Å². The predicted octanol–water partition coefficient (Wildman–Crippen LogP) is 4.54. The van der Waals surface area contributed by atoms with Crippen LogP contribution >= 0.6 is 0 Å². The SMILES string of the molecule is COc1ccc(-c2nc3ccc(C)cn3c2NC(C)(C)C)c(OC)c1. The van der Waals surface area contributed by atoms with Gasteiger partial charge < -0.3 is 14.8 Å². The van der Waals surface area contributed by atoms with Crippen LogP contribution in [0.2, 0.25) is 0 Å². The van der Waals surface area contributed by atoms with Crippen molar-refractivity contribution in [3.8, 4) is 22.8 Å². The van der Waals surface area contributed by atoms with Crippen molar-refractivity contribution >= 4 is 11.5 Å². The number of aromatic nitrogens is 2. The van der Waals surface area contributed by atoms with Gasteiger partial charge >= 0.3 is 0 Å². The van der Waals surface area contributed by atoms with Gasteiger partial charge in [-0.05, 0) is 51.5 Å². The highest BCUT2D eigenvalue weighted by Crippen LogP contribution is 2.38. The molecule has 2 heterocycles. The van der Waals surface area contributed by atoms with Crippen molar-refractivity contribution in [1.29, 1.82) is 0 Å². The van der Waals surface area contributed by atoms with Gasteiger partial charge in [0.05, 0.1) is 14.2 Å². The van der Waals surface area contributed by atoms with Crippen molar-refractivity contribution in [2.75, 3.05) is 19.5 Å². The Morgan fingerprint density at radius 2 is 1.80 bits per heavy atom. The minimum Gasteiger partial charge on any atom is -0.497 e. The van der Waals surface area contributed by atoms with Crippen LogP contribution < -0.4 is 14.8 Å². The van der Waals surface area contributed by atoms with Gasteiger partial charge in [-0.25, -0.2) is 4.98 Å². The lowest BCUT2D eigenvalue weighted by molar-refractivity contribution is 0.395. The van der Waals surface area contributed by atoms with E-state index in [-0.39, 0.29) is 5.54 Å². The summed E-state index contributed by atoms with van der Waals surface area (Å²) in [6, 6.07) is 9.89. The average Bonchev–Trinajstić information content (AvgIpc) is 2.90. The summed E-state index contributed by atoms with van der Waals surface area (Å²) in [6.07, 6.45) is 2.09. The number of pyridine rings is 1. The van der Waals surface area contributed by atoms with Gasteiger partial charge in [0.2, 0.25) is 0 Å². The second-order valence-electron chi connectivity index (χ2n) is 7.18. The largest absolute Gasteiger partial charge is 0.497 e. The topological polar surface area (TPSA) is 47.8 Å². The van der Waals surface area contributed by atoms with E-state index in [1.807, 2.05) is 24.3 Å². The van der Waals surface area contributed by atoms with Crippen molar-refractivity contribution in [3.05, 3.63) is 42.1 Å². The summed E-state index contributed by atoms with van der Waals surface area (Å²) >= 11 is 0. The van der Waals surface area contributed by atoms with Gasteiger partial charge in [0.25, 0.3) is 0 Å². The maximum atomic E-state index is 5.59. The molecule has 0 aliphatic heterocycles. The normalized spacial score (nSPS) is 11.6. The first kappa shape index (κ1) is 17.1. The molecule has 3 aromatic rings. The second-order valence-corrected chi connectivity index (χ2v) is 7.18. The van der Waals surface area contributed by atoms with Crippen molar-refractivity contribution in [1.82, 2.24) is 9.38 Å². The number of hydrogen-bond donors (Lipinski definition) is 1. The van der Waals surface area contributed by atoms with E-state index in [1.165, 1.54) is 5.56 Å². The molecule has 0 aliphatic carbocycles. The molecule has 0 amide bonds. The van der Waals surface area contributed by atoms with Crippen LogP contribution in [-0.4, -0.2) is 29.1 Å². The maximum absolute atomic E-state index is 5.59. The minimum absolute atomic E-state index is 0.103. The van der Waals surface area contributed by atoms with E-state index in [0.29, 0.717) is 0 Å². The molecule has 2 aromatic heterocycles. The van der Waals surface area contributed by atoms with E-state index >= 15 is 0 Å². The lowest BCUT2D eigenvalue weighted by Gasteiger charge is -2.23. The minimum atomic E-state index is -0.103. The summed E-state index contributed by atoms with van der Waals surface area (Å²) in [5, 5.41) is 3.59. The number of imidazole rings is 1. The molecule has 0 saturated heterocycles. The lowest BCUT2D eigenvalue weighted by atomic mass is 10.1. The first-order valence-corrected chi connectivity index (χ1v) is 8.31. The molecule has 5 heteroatoms. The summed E-state index contributed by atoms with van der Waals surface area (Å²) in [4.78, 5) is 4.85. The Balaban J connectivity index is 2.27. The molecule has 1 aromatic carbocycles. The molecule has 3 rings (SSSR count). The number of fused-ring (bicyclic) bond motifs is 1. The highest BCUT2D eigenvalue weighted by atomic mass is 16.5. The van der Waals surface area contributed by atoms with Crippen LogP contribution in [0.25, 0.3) is 16.9 Å². The Morgan fingerprint density at radius 3 is 2.44 bits per heavy atom. The summed E-state index contributed by atoms with van der Waals surface area (Å²) in [6.45, 7) is 8.49. The van der Waals surface area contributed by atoms with E-state index in [0.717, 1.165) is 34.2 Å². The van der Waals surface area contributed by atoms with Crippen LogP contribution in [0.15, 0.2) is 36.5 Å². The highest BCUT2D eigenvalue weighted by molar-refractivity contribution is 5.81. The van der Waals surface area contributed by atoms with Gasteiger partial charge in [-0.3, -0.25) is 4.40 Å².